The summed E-state index contributed by atoms with van der Waals surface area (Å²) in [5, 5.41) is 3.91. The Morgan fingerprint density at radius 1 is 1.40 bits per heavy atom. The van der Waals surface area contributed by atoms with E-state index in [9.17, 15) is 0 Å². The predicted octanol–water partition coefficient (Wildman–Crippen LogP) is 1.98. The summed E-state index contributed by atoms with van der Waals surface area (Å²) >= 11 is 5.61. The Hall–Kier alpha value is -0.610. The van der Waals surface area contributed by atoms with Crippen molar-refractivity contribution in [3.8, 4) is 0 Å². The third kappa shape index (κ3) is 0.803. The zero-order chi connectivity index (χ0) is 6.97. The van der Waals surface area contributed by atoms with E-state index in [2.05, 4.69) is 22.2 Å². The average molecular weight is 168 g/mol. The molecule has 1 aromatic carbocycles. The fourth-order valence-electron chi connectivity index (χ4n) is 0.790. The molecule has 2 rings (SSSR count). The van der Waals surface area contributed by atoms with Gasteiger partial charge in [0.1, 0.15) is 5.52 Å². The third-order valence-electron chi connectivity index (χ3n) is 1.26. The summed E-state index contributed by atoms with van der Waals surface area (Å²) in [7, 11) is 0. The maximum absolute atomic E-state index is 4.22. The van der Waals surface area contributed by atoms with E-state index in [-0.39, 0.29) is 0 Å². The van der Waals surface area contributed by atoms with Gasteiger partial charge in [-0.2, -0.15) is 0 Å². The van der Waals surface area contributed by atoms with Gasteiger partial charge in [-0.25, -0.2) is 0 Å². The number of benzene rings is 1. The predicted molar refractivity (Wildman–Crippen MR) is 44.7 cm³/mol. The summed E-state index contributed by atoms with van der Waals surface area (Å²) in [6, 6.07) is 5.84. The van der Waals surface area contributed by atoms with E-state index in [1.165, 1.54) is 11.5 Å². The first-order valence-electron chi connectivity index (χ1n) is 2.78. The van der Waals surface area contributed by atoms with Gasteiger partial charge in [-0.15, -0.1) is 17.7 Å². The zero-order valence-electron chi connectivity index (χ0n) is 4.98. The molecule has 1 aromatic heterocycles. The van der Waals surface area contributed by atoms with Gasteiger partial charge in [0, 0.05) is 4.90 Å². The molecule has 50 valence electrons. The first-order valence-corrected chi connectivity index (χ1v) is 4.00. The molecule has 0 N–H and O–H groups in total. The van der Waals surface area contributed by atoms with Crippen LogP contribution in [-0.2, 0) is 0 Å². The lowest BCUT2D eigenvalue weighted by Gasteiger charge is -1.87. The number of rotatable bonds is 0. The molecule has 0 fully saturated rings. The highest BCUT2D eigenvalue weighted by molar-refractivity contribution is 7.80. The van der Waals surface area contributed by atoms with Crippen LogP contribution in [0.5, 0.6) is 0 Å². The van der Waals surface area contributed by atoms with Crippen molar-refractivity contribution in [1.29, 1.82) is 0 Å². The van der Waals surface area contributed by atoms with E-state index in [1.54, 1.807) is 0 Å². The van der Waals surface area contributed by atoms with E-state index in [4.69, 9.17) is 0 Å². The molecular weight excluding hydrogens is 164 g/mol. The number of nitrogens with zero attached hydrogens (tertiary/aromatic N) is 2. The van der Waals surface area contributed by atoms with Crippen molar-refractivity contribution in [3.63, 3.8) is 0 Å². The minimum absolute atomic E-state index is 0.895. The van der Waals surface area contributed by atoms with Gasteiger partial charge >= 0.3 is 0 Å². The minimum Gasteiger partial charge on any atom is -0.141 e. The summed E-state index contributed by atoms with van der Waals surface area (Å²) < 4.78 is 4.90. The smallest absolute Gasteiger partial charge is 0.119 e. The summed E-state index contributed by atoms with van der Waals surface area (Å²) in [6.45, 7) is 0. The van der Waals surface area contributed by atoms with Gasteiger partial charge in [0.2, 0.25) is 0 Å². The van der Waals surface area contributed by atoms with Gasteiger partial charge in [-0.3, -0.25) is 0 Å². The molecule has 0 saturated heterocycles. The van der Waals surface area contributed by atoms with Crippen LogP contribution in [0, 0.1) is 0 Å². The van der Waals surface area contributed by atoms with Crippen molar-refractivity contribution in [1.82, 2.24) is 9.59 Å². The van der Waals surface area contributed by atoms with Crippen LogP contribution in [0.4, 0.5) is 0 Å². The van der Waals surface area contributed by atoms with Crippen LogP contribution in [0.3, 0.4) is 0 Å². The van der Waals surface area contributed by atoms with Gasteiger partial charge in [0.15, 0.2) is 0 Å². The van der Waals surface area contributed by atoms with Crippen molar-refractivity contribution < 1.29 is 0 Å². The topological polar surface area (TPSA) is 25.8 Å². The van der Waals surface area contributed by atoms with Gasteiger partial charge in [0.05, 0.1) is 4.70 Å². The van der Waals surface area contributed by atoms with Crippen LogP contribution < -0.4 is 0 Å². The Kier molecular flexibility index (Phi) is 1.35. The van der Waals surface area contributed by atoms with Crippen LogP contribution >= 0.6 is 24.2 Å². The fraction of sp³-hybridized carbons (Fsp3) is 0. The Morgan fingerprint density at radius 3 is 3.10 bits per heavy atom. The Morgan fingerprint density at radius 2 is 2.30 bits per heavy atom. The molecule has 0 bridgehead atoms. The largest absolute Gasteiger partial charge is 0.141 e. The van der Waals surface area contributed by atoms with Crippen LogP contribution in [0.25, 0.3) is 10.2 Å². The first kappa shape index (κ1) is 6.12. The number of thiol groups is 1. The van der Waals surface area contributed by atoms with Crippen molar-refractivity contribution in [3.05, 3.63) is 18.2 Å². The van der Waals surface area contributed by atoms with E-state index < -0.39 is 0 Å². The summed E-state index contributed by atoms with van der Waals surface area (Å²) in [6.07, 6.45) is 0. The van der Waals surface area contributed by atoms with Crippen molar-refractivity contribution in [2.24, 2.45) is 0 Å². The van der Waals surface area contributed by atoms with Crippen LogP contribution in [0.1, 0.15) is 0 Å². The Balaban J connectivity index is 2.95. The maximum Gasteiger partial charge on any atom is 0.119 e. The molecule has 0 amide bonds. The van der Waals surface area contributed by atoms with E-state index >= 15 is 0 Å². The molecule has 0 saturated carbocycles. The van der Waals surface area contributed by atoms with E-state index in [0.717, 1.165) is 15.1 Å². The zero-order valence-corrected chi connectivity index (χ0v) is 6.69. The Labute approximate surface area is 67.5 Å². The molecule has 0 radical (unpaired) electrons. The Bertz CT molecular complexity index is 355. The minimum atomic E-state index is 0.895. The highest BCUT2D eigenvalue weighted by Crippen LogP contribution is 2.21. The molecule has 0 aliphatic rings. The molecule has 0 spiro atoms. The molecule has 10 heavy (non-hydrogen) atoms. The highest BCUT2D eigenvalue weighted by Gasteiger charge is 1.98. The second-order valence-electron chi connectivity index (χ2n) is 1.90. The van der Waals surface area contributed by atoms with Gasteiger partial charge in [-0.05, 0) is 23.7 Å². The van der Waals surface area contributed by atoms with Crippen molar-refractivity contribution >= 4 is 34.4 Å². The molecule has 0 unspecified atom stereocenters. The molecule has 2 nitrogen and oxygen atoms in total. The van der Waals surface area contributed by atoms with Crippen LogP contribution in [-0.4, -0.2) is 9.59 Å². The monoisotopic (exact) mass is 168 g/mol. The van der Waals surface area contributed by atoms with Crippen molar-refractivity contribution in [2.45, 2.75) is 4.90 Å². The summed E-state index contributed by atoms with van der Waals surface area (Å²) in [5.41, 5.74) is 0.899. The number of fused-ring (bicyclic) bond motifs is 1. The molecule has 1 heterocycles. The SMILES string of the molecule is Sc1cccc2snnc12. The van der Waals surface area contributed by atoms with Crippen molar-refractivity contribution in [2.75, 3.05) is 0 Å². The second-order valence-corrected chi connectivity index (χ2v) is 3.16. The van der Waals surface area contributed by atoms with E-state index in [0.29, 0.717) is 0 Å². The van der Waals surface area contributed by atoms with Crippen LogP contribution in [0.2, 0.25) is 0 Å². The van der Waals surface area contributed by atoms with Gasteiger partial charge in [0.25, 0.3) is 0 Å². The third-order valence-corrected chi connectivity index (χ3v) is 2.31. The number of hydrogen-bond donors (Lipinski definition) is 1. The molecular formula is C6H4N2S2. The lowest BCUT2D eigenvalue weighted by atomic mass is 10.3. The summed E-state index contributed by atoms with van der Waals surface area (Å²) in [5.74, 6) is 0. The molecule has 0 aliphatic heterocycles. The highest BCUT2D eigenvalue weighted by atomic mass is 32.1. The second kappa shape index (κ2) is 2.21. The molecule has 0 aliphatic carbocycles. The first-order chi connectivity index (χ1) is 4.88. The fourth-order valence-corrected chi connectivity index (χ4v) is 1.70. The number of hydrogen-bond acceptors (Lipinski definition) is 4. The lowest BCUT2D eigenvalue weighted by Crippen LogP contribution is -1.69. The van der Waals surface area contributed by atoms with Gasteiger partial charge < -0.3 is 0 Å². The average Bonchev–Trinajstić information content (AvgIpc) is 2.36. The normalized spacial score (nSPS) is 10.5. The summed E-state index contributed by atoms with van der Waals surface area (Å²) in [4.78, 5) is 0.895. The van der Waals surface area contributed by atoms with Gasteiger partial charge in [-0.1, -0.05) is 10.6 Å². The molecule has 2 aromatic rings. The molecule has 0 atom stereocenters. The molecule has 4 heteroatoms. The standard InChI is InChI=1S/C6H4N2S2/c9-4-2-1-3-5-6(4)7-8-10-5/h1-3,9H. The van der Waals surface area contributed by atoms with Crippen LogP contribution in [0.15, 0.2) is 23.1 Å². The van der Waals surface area contributed by atoms with E-state index in [1.807, 2.05) is 18.2 Å². The lowest BCUT2D eigenvalue weighted by molar-refractivity contribution is 1.18. The quantitative estimate of drug-likeness (QED) is 0.609. The number of aromatic nitrogens is 2. The maximum atomic E-state index is 4.22.